The molecule has 0 spiro atoms. The van der Waals surface area contributed by atoms with E-state index in [1.54, 1.807) is 11.3 Å². The minimum Gasteiger partial charge on any atom is -0.359 e. The molecule has 0 bridgehead atoms. The van der Waals surface area contributed by atoms with Crippen LogP contribution in [0.15, 0.2) is 18.2 Å². The topological polar surface area (TPSA) is 28.2 Å². The van der Waals surface area contributed by atoms with Gasteiger partial charge in [0.2, 0.25) is 0 Å². The molecule has 2 aromatic rings. The van der Waals surface area contributed by atoms with Gasteiger partial charge in [-0.15, -0.1) is 0 Å². The number of hydrogen-bond donors (Lipinski definition) is 1. The fourth-order valence-electron chi connectivity index (χ4n) is 1.70. The lowest BCUT2D eigenvalue weighted by atomic mass is 10.2. The van der Waals surface area contributed by atoms with Crippen molar-refractivity contribution < 1.29 is 0 Å². The molecule has 0 saturated heterocycles. The first-order valence-electron chi connectivity index (χ1n) is 6.02. The molecule has 1 N–H and O–H groups in total. The molecule has 2 rings (SSSR count). The molecule has 1 aromatic heterocycles. The number of nitrogens with one attached hydrogen (secondary N) is 1. The summed E-state index contributed by atoms with van der Waals surface area (Å²) in [5, 5.41) is 5.15. The van der Waals surface area contributed by atoms with Crippen molar-refractivity contribution in [2.45, 2.75) is 19.4 Å². The Morgan fingerprint density at radius 1 is 1.44 bits per heavy atom. The van der Waals surface area contributed by atoms with Crippen LogP contribution < -0.4 is 5.32 Å². The Morgan fingerprint density at radius 3 is 2.94 bits per heavy atom. The van der Waals surface area contributed by atoms with E-state index in [1.165, 1.54) is 4.70 Å². The third-order valence-corrected chi connectivity index (χ3v) is 3.93. The molecule has 1 atom stereocenters. The highest BCUT2D eigenvalue weighted by Gasteiger charge is 2.08. The van der Waals surface area contributed by atoms with Gasteiger partial charge in [0, 0.05) is 11.1 Å². The van der Waals surface area contributed by atoms with E-state index in [4.69, 9.17) is 11.6 Å². The summed E-state index contributed by atoms with van der Waals surface area (Å²) in [4.78, 5) is 6.74. The summed E-state index contributed by atoms with van der Waals surface area (Å²) >= 11 is 7.63. The van der Waals surface area contributed by atoms with Crippen LogP contribution >= 0.6 is 22.9 Å². The van der Waals surface area contributed by atoms with Crippen LogP contribution in [-0.4, -0.2) is 36.6 Å². The largest absolute Gasteiger partial charge is 0.359 e. The maximum Gasteiger partial charge on any atom is 0.184 e. The first-order valence-corrected chi connectivity index (χ1v) is 7.21. The fourth-order valence-corrected chi connectivity index (χ4v) is 2.82. The summed E-state index contributed by atoms with van der Waals surface area (Å²) in [5.74, 6) is 0. The Bertz CT molecular complexity index is 524. The van der Waals surface area contributed by atoms with E-state index >= 15 is 0 Å². The normalized spacial score (nSPS) is 13.2. The molecule has 1 heterocycles. The van der Waals surface area contributed by atoms with Crippen molar-refractivity contribution in [3.63, 3.8) is 0 Å². The van der Waals surface area contributed by atoms with Crippen molar-refractivity contribution in [2.24, 2.45) is 0 Å². The number of hydrogen-bond acceptors (Lipinski definition) is 4. The molecular weight excluding hydrogens is 266 g/mol. The van der Waals surface area contributed by atoms with E-state index in [9.17, 15) is 0 Å². The van der Waals surface area contributed by atoms with Crippen LogP contribution in [-0.2, 0) is 0 Å². The monoisotopic (exact) mass is 283 g/mol. The molecule has 0 radical (unpaired) electrons. The van der Waals surface area contributed by atoms with Gasteiger partial charge in [-0.2, -0.15) is 0 Å². The van der Waals surface area contributed by atoms with Gasteiger partial charge in [-0.05, 0) is 52.2 Å². The van der Waals surface area contributed by atoms with E-state index in [0.29, 0.717) is 6.04 Å². The smallest absolute Gasteiger partial charge is 0.184 e. The molecule has 0 amide bonds. The lowest BCUT2D eigenvalue weighted by Crippen LogP contribution is -2.22. The summed E-state index contributed by atoms with van der Waals surface area (Å²) < 4.78 is 1.17. The number of rotatable bonds is 5. The van der Waals surface area contributed by atoms with Crippen LogP contribution in [0.4, 0.5) is 5.13 Å². The van der Waals surface area contributed by atoms with Crippen molar-refractivity contribution in [3.8, 4) is 0 Å². The molecule has 5 heteroatoms. The molecule has 1 unspecified atom stereocenters. The molecule has 98 valence electrons. The number of fused-ring (bicyclic) bond motifs is 1. The molecule has 0 saturated carbocycles. The molecule has 0 aliphatic rings. The number of thiazole rings is 1. The highest BCUT2D eigenvalue weighted by atomic mass is 35.5. The van der Waals surface area contributed by atoms with Crippen LogP contribution in [0.5, 0.6) is 0 Å². The average molecular weight is 284 g/mol. The molecule has 0 aliphatic heterocycles. The molecule has 18 heavy (non-hydrogen) atoms. The highest BCUT2D eigenvalue weighted by molar-refractivity contribution is 7.22. The van der Waals surface area contributed by atoms with Gasteiger partial charge >= 0.3 is 0 Å². The minimum atomic E-state index is 0.420. The van der Waals surface area contributed by atoms with E-state index in [2.05, 4.69) is 36.2 Å². The van der Waals surface area contributed by atoms with Gasteiger partial charge in [-0.25, -0.2) is 4.98 Å². The van der Waals surface area contributed by atoms with Gasteiger partial charge in [0.05, 0.1) is 10.2 Å². The molecule has 0 fully saturated rings. The van der Waals surface area contributed by atoms with Gasteiger partial charge in [-0.3, -0.25) is 0 Å². The lowest BCUT2D eigenvalue weighted by Gasteiger charge is -2.15. The second-order valence-corrected chi connectivity index (χ2v) is 6.24. The molecule has 0 aliphatic carbocycles. The quantitative estimate of drug-likeness (QED) is 0.907. The van der Waals surface area contributed by atoms with E-state index in [-0.39, 0.29) is 0 Å². The third kappa shape index (κ3) is 3.57. The van der Waals surface area contributed by atoms with Crippen LogP contribution in [0, 0.1) is 0 Å². The molecule has 1 aromatic carbocycles. The van der Waals surface area contributed by atoms with Gasteiger partial charge in [0.15, 0.2) is 5.13 Å². The zero-order valence-corrected chi connectivity index (χ0v) is 12.5. The fraction of sp³-hybridized carbons (Fsp3) is 0.462. The minimum absolute atomic E-state index is 0.420. The first kappa shape index (κ1) is 13.6. The first-order chi connectivity index (χ1) is 8.54. The average Bonchev–Trinajstić information content (AvgIpc) is 2.67. The predicted molar refractivity (Wildman–Crippen MR) is 80.9 cm³/mol. The number of anilines is 1. The van der Waals surface area contributed by atoms with Gasteiger partial charge < -0.3 is 10.2 Å². The SMILES string of the molecule is CC(CCN(C)C)Nc1nc2cc(Cl)ccc2s1. The van der Waals surface area contributed by atoms with Crippen molar-refractivity contribution in [2.75, 3.05) is 26.0 Å². The predicted octanol–water partition coefficient (Wildman–Crippen LogP) is 3.70. The second-order valence-electron chi connectivity index (χ2n) is 4.77. The van der Waals surface area contributed by atoms with Crippen molar-refractivity contribution >= 4 is 38.3 Å². The number of aromatic nitrogens is 1. The van der Waals surface area contributed by atoms with Crippen LogP contribution in [0.2, 0.25) is 5.02 Å². The van der Waals surface area contributed by atoms with Crippen LogP contribution in [0.25, 0.3) is 10.2 Å². The Labute approximate surface area is 117 Å². The van der Waals surface area contributed by atoms with Crippen molar-refractivity contribution in [1.82, 2.24) is 9.88 Å². The summed E-state index contributed by atoms with van der Waals surface area (Å²) in [5.41, 5.74) is 0.967. The summed E-state index contributed by atoms with van der Waals surface area (Å²) in [6.45, 7) is 3.26. The molecular formula is C13H18ClN3S. The Kier molecular flexibility index (Phi) is 4.43. The van der Waals surface area contributed by atoms with Gasteiger partial charge in [-0.1, -0.05) is 22.9 Å². The second kappa shape index (κ2) is 5.87. The van der Waals surface area contributed by atoms with Crippen molar-refractivity contribution in [3.05, 3.63) is 23.2 Å². The van der Waals surface area contributed by atoms with Crippen LogP contribution in [0.1, 0.15) is 13.3 Å². The van der Waals surface area contributed by atoms with Crippen LogP contribution in [0.3, 0.4) is 0 Å². The third-order valence-electron chi connectivity index (χ3n) is 2.73. The zero-order chi connectivity index (χ0) is 13.1. The van der Waals surface area contributed by atoms with Gasteiger partial charge in [0.1, 0.15) is 0 Å². The summed E-state index contributed by atoms with van der Waals surface area (Å²) in [6.07, 6.45) is 1.10. The highest BCUT2D eigenvalue weighted by Crippen LogP contribution is 2.28. The van der Waals surface area contributed by atoms with Gasteiger partial charge in [0.25, 0.3) is 0 Å². The number of benzene rings is 1. The van der Waals surface area contributed by atoms with Crippen molar-refractivity contribution in [1.29, 1.82) is 0 Å². The Balaban J connectivity index is 2.03. The Morgan fingerprint density at radius 2 is 2.22 bits per heavy atom. The molecule has 3 nitrogen and oxygen atoms in total. The van der Waals surface area contributed by atoms with E-state index < -0.39 is 0 Å². The maximum absolute atomic E-state index is 5.96. The van der Waals surface area contributed by atoms with E-state index in [1.807, 2.05) is 18.2 Å². The Hall–Kier alpha value is -0.840. The number of nitrogens with zero attached hydrogens (tertiary/aromatic N) is 2. The lowest BCUT2D eigenvalue weighted by molar-refractivity contribution is 0.390. The summed E-state index contributed by atoms with van der Waals surface area (Å²) in [7, 11) is 4.18. The van der Waals surface area contributed by atoms with E-state index in [0.717, 1.165) is 28.6 Å². The standard InChI is InChI=1S/C13H18ClN3S/c1-9(6-7-17(2)3)15-13-16-11-8-10(14)4-5-12(11)18-13/h4-5,8-9H,6-7H2,1-3H3,(H,15,16). The zero-order valence-electron chi connectivity index (χ0n) is 10.9. The maximum atomic E-state index is 5.96. The number of halogens is 1. The summed E-state index contributed by atoms with van der Waals surface area (Å²) in [6, 6.07) is 6.25.